The Bertz CT molecular complexity index is 1330. The highest BCUT2D eigenvalue weighted by Gasteiger charge is 2.45. The van der Waals surface area contributed by atoms with E-state index in [0.29, 0.717) is 29.9 Å². The van der Waals surface area contributed by atoms with Gasteiger partial charge in [-0.25, -0.2) is 9.37 Å². The standard InChI is InChI=1S/C20H13B3FN7/c21-20(22,23)19(9-25)5-3-15-16(12-4-6-26-18-13(12)8-28-29-18)17(30-31(15)10-19)14-2-1-11(24)7-27-14/h1-2,4,6-8H,3,5,10H2,(H,26,28,29). The van der Waals surface area contributed by atoms with Gasteiger partial charge in [0.05, 0.1) is 59.7 Å². The summed E-state index contributed by atoms with van der Waals surface area (Å²) in [5, 5.41) is 20.7. The second kappa shape index (κ2) is 6.81. The van der Waals surface area contributed by atoms with Crippen LogP contribution in [0.25, 0.3) is 33.5 Å². The number of H-pyrrole nitrogens is 1. The number of aromatic nitrogens is 6. The lowest BCUT2D eigenvalue weighted by Crippen LogP contribution is -2.44. The van der Waals surface area contributed by atoms with Gasteiger partial charge in [-0.3, -0.25) is 14.8 Å². The molecule has 0 amide bonds. The van der Waals surface area contributed by atoms with Gasteiger partial charge in [0.15, 0.2) is 5.65 Å². The van der Waals surface area contributed by atoms with E-state index in [2.05, 4.69) is 26.2 Å². The van der Waals surface area contributed by atoms with Crippen LogP contribution in [0, 0.1) is 22.6 Å². The van der Waals surface area contributed by atoms with E-state index in [1.807, 2.05) is 6.07 Å². The van der Waals surface area contributed by atoms with Crippen molar-refractivity contribution >= 4 is 34.6 Å². The van der Waals surface area contributed by atoms with Crippen molar-refractivity contribution in [2.24, 2.45) is 5.41 Å². The first-order valence-corrected chi connectivity index (χ1v) is 9.61. The average Bonchev–Trinajstić information content (AvgIpc) is 3.37. The van der Waals surface area contributed by atoms with Gasteiger partial charge in [-0.2, -0.15) is 15.5 Å². The third-order valence-electron chi connectivity index (χ3n) is 5.90. The zero-order valence-electron chi connectivity index (χ0n) is 16.4. The number of nitrogens with zero attached hydrogens (tertiary/aromatic N) is 6. The van der Waals surface area contributed by atoms with Crippen molar-refractivity contribution in [3.05, 3.63) is 48.3 Å². The molecule has 5 rings (SSSR count). The Morgan fingerprint density at radius 2 is 2.03 bits per heavy atom. The molecule has 4 aromatic rings. The quantitative estimate of drug-likeness (QED) is 0.529. The lowest BCUT2D eigenvalue weighted by atomic mass is 9.32. The van der Waals surface area contributed by atoms with Crippen molar-refractivity contribution in [1.29, 1.82) is 5.26 Å². The predicted octanol–water partition coefficient (Wildman–Crippen LogP) is 2.06. The number of aromatic amines is 1. The Hall–Kier alpha value is -3.41. The molecular formula is C20H13B3FN7. The Morgan fingerprint density at radius 3 is 2.74 bits per heavy atom. The van der Waals surface area contributed by atoms with E-state index in [4.69, 9.17) is 28.6 Å². The maximum Gasteiger partial charge on any atom is 0.155 e. The summed E-state index contributed by atoms with van der Waals surface area (Å²) >= 11 is 0. The first-order chi connectivity index (χ1) is 14.8. The van der Waals surface area contributed by atoms with E-state index in [0.717, 1.165) is 28.4 Å². The highest BCUT2D eigenvalue weighted by molar-refractivity contribution is 6.59. The summed E-state index contributed by atoms with van der Waals surface area (Å²) in [7, 11) is 17.9. The number of fused-ring (bicyclic) bond motifs is 2. The van der Waals surface area contributed by atoms with Gasteiger partial charge in [0, 0.05) is 22.8 Å². The van der Waals surface area contributed by atoms with Crippen LogP contribution in [0.3, 0.4) is 0 Å². The van der Waals surface area contributed by atoms with Gasteiger partial charge < -0.3 is 0 Å². The zero-order valence-corrected chi connectivity index (χ0v) is 16.4. The monoisotopic (exact) mass is 403 g/mol. The van der Waals surface area contributed by atoms with Gasteiger partial charge in [-0.05, 0) is 36.6 Å². The molecule has 7 nitrogen and oxygen atoms in total. The van der Waals surface area contributed by atoms with Gasteiger partial charge in [-0.1, -0.05) is 0 Å². The summed E-state index contributed by atoms with van der Waals surface area (Å²) in [5.74, 6) is -0.446. The molecule has 0 aromatic carbocycles. The van der Waals surface area contributed by atoms with Crippen molar-refractivity contribution in [3.8, 4) is 28.6 Å². The maximum atomic E-state index is 13.5. The van der Waals surface area contributed by atoms with Crippen LogP contribution in [-0.2, 0) is 13.0 Å². The van der Waals surface area contributed by atoms with E-state index in [9.17, 15) is 9.65 Å². The zero-order chi connectivity index (χ0) is 21.8. The summed E-state index contributed by atoms with van der Waals surface area (Å²) in [4.78, 5) is 8.53. The van der Waals surface area contributed by atoms with Crippen LogP contribution >= 0.6 is 0 Å². The molecule has 11 heteroatoms. The number of rotatable bonds is 3. The molecule has 5 heterocycles. The normalized spacial score (nSPS) is 18.6. The number of hydrogen-bond acceptors (Lipinski definition) is 5. The topological polar surface area (TPSA) is 96.1 Å². The molecule has 1 aliphatic heterocycles. The molecule has 1 N–H and O–H groups in total. The second-order valence-electron chi connectivity index (χ2n) is 7.81. The lowest BCUT2D eigenvalue weighted by molar-refractivity contribution is 0.258. The number of nitrogens with one attached hydrogen (secondary N) is 1. The number of pyridine rings is 2. The first-order valence-electron chi connectivity index (χ1n) is 9.61. The van der Waals surface area contributed by atoms with Crippen molar-refractivity contribution < 1.29 is 4.39 Å². The lowest BCUT2D eigenvalue weighted by Gasteiger charge is -2.43. The van der Waals surface area contributed by atoms with E-state index in [-0.39, 0.29) is 6.54 Å². The molecule has 31 heavy (non-hydrogen) atoms. The molecule has 0 saturated carbocycles. The molecule has 0 spiro atoms. The first kappa shape index (κ1) is 19.6. The van der Waals surface area contributed by atoms with Crippen LogP contribution in [-0.4, -0.2) is 53.5 Å². The number of halogens is 1. The minimum Gasteiger partial charge on any atom is -0.267 e. The van der Waals surface area contributed by atoms with Crippen LogP contribution in [0.1, 0.15) is 12.1 Å². The second-order valence-corrected chi connectivity index (χ2v) is 7.81. The third-order valence-corrected chi connectivity index (χ3v) is 5.90. The van der Waals surface area contributed by atoms with Crippen LogP contribution in [0.15, 0.2) is 36.8 Å². The Kier molecular flexibility index (Phi) is 4.29. The van der Waals surface area contributed by atoms with Crippen LogP contribution in [0.5, 0.6) is 0 Å². The minimum absolute atomic E-state index is 0.121. The molecule has 0 aliphatic carbocycles. The van der Waals surface area contributed by atoms with Crippen molar-refractivity contribution in [2.45, 2.75) is 24.5 Å². The summed E-state index contributed by atoms with van der Waals surface area (Å²) in [6.45, 7) is 0.121. The van der Waals surface area contributed by atoms with Crippen molar-refractivity contribution in [1.82, 2.24) is 29.9 Å². The molecular weight excluding hydrogens is 390 g/mol. The third kappa shape index (κ3) is 2.97. The average molecular weight is 403 g/mol. The Labute approximate surface area is 181 Å². The summed E-state index contributed by atoms with van der Waals surface area (Å²) in [6, 6.07) is 6.98. The van der Waals surface area contributed by atoms with Crippen molar-refractivity contribution in [3.63, 3.8) is 0 Å². The van der Waals surface area contributed by atoms with Gasteiger partial charge in [0.25, 0.3) is 0 Å². The van der Waals surface area contributed by atoms with Crippen molar-refractivity contribution in [2.75, 3.05) is 0 Å². The van der Waals surface area contributed by atoms with Gasteiger partial charge in [-0.15, -0.1) is 5.11 Å². The molecule has 144 valence electrons. The van der Waals surface area contributed by atoms with Crippen LogP contribution in [0.2, 0.25) is 5.11 Å². The molecule has 0 bridgehead atoms. The van der Waals surface area contributed by atoms with Gasteiger partial charge in [0.2, 0.25) is 0 Å². The fourth-order valence-electron chi connectivity index (χ4n) is 4.14. The number of nitriles is 1. The summed E-state index contributed by atoms with van der Waals surface area (Å²) in [6.07, 6.45) is 5.33. The largest absolute Gasteiger partial charge is 0.267 e. The summed E-state index contributed by atoms with van der Waals surface area (Å²) in [5.41, 5.74) is 3.02. The SMILES string of the molecule is [B]C([B])([B])C1(C#N)CCc2c(-c3ccnc4[nH]ncc34)c(-c3ccc(F)cn3)nn2C1. The molecule has 0 fully saturated rings. The Balaban J connectivity index is 1.76. The Morgan fingerprint density at radius 1 is 1.19 bits per heavy atom. The number of hydrogen-bond donors (Lipinski definition) is 1. The molecule has 1 atom stereocenters. The highest BCUT2D eigenvalue weighted by Crippen LogP contribution is 2.48. The molecule has 4 aromatic heterocycles. The molecule has 1 unspecified atom stereocenters. The minimum atomic E-state index is -1.70. The highest BCUT2D eigenvalue weighted by atomic mass is 19.1. The van der Waals surface area contributed by atoms with Gasteiger partial charge in [0.1, 0.15) is 11.5 Å². The van der Waals surface area contributed by atoms with Crippen LogP contribution in [0.4, 0.5) is 4.39 Å². The summed E-state index contributed by atoms with van der Waals surface area (Å²) < 4.78 is 15.2. The maximum absolute atomic E-state index is 13.5. The van der Waals surface area contributed by atoms with E-state index < -0.39 is 16.3 Å². The molecule has 6 radical (unpaired) electrons. The fourth-order valence-corrected chi connectivity index (χ4v) is 4.14. The van der Waals surface area contributed by atoms with E-state index in [1.54, 1.807) is 23.1 Å². The predicted molar refractivity (Wildman–Crippen MR) is 115 cm³/mol. The van der Waals surface area contributed by atoms with Crippen LogP contribution < -0.4 is 0 Å². The fraction of sp³-hybridized carbons (Fsp3) is 0.250. The van der Waals surface area contributed by atoms with Gasteiger partial charge >= 0.3 is 0 Å². The van der Waals surface area contributed by atoms with E-state index in [1.165, 1.54) is 6.07 Å². The smallest absolute Gasteiger partial charge is 0.155 e. The van der Waals surface area contributed by atoms with E-state index >= 15 is 0 Å². The molecule has 1 aliphatic rings. The molecule has 0 saturated heterocycles.